The van der Waals surface area contributed by atoms with E-state index in [9.17, 15) is 9.59 Å². The molecule has 0 aliphatic rings. The van der Waals surface area contributed by atoms with Crippen molar-refractivity contribution in [3.05, 3.63) is 65.7 Å². The predicted octanol–water partition coefficient (Wildman–Crippen LogP) is 3.92. The van der Waals surface area contributed by atoms with E-state index in [1.54, 1.807) is 44.4 Å². The van der Waals surface area contributed by atoms with Gasteiger partial charge in [-0.25, -0.2) is 4.79 Å². The summed E-state index contributed by atoms with van der Waals surface area (Å²) in [5.41, 5.74) is 1.22. The summed E-state index contributed by atoms with van der Waals surface area (Å²) >= 11 is 0. The molecule has 0 aliphatic heterocycles. The third kappa shape index (κ3) is 5.21. The van der Waals surface area contributed by atoms with E-state index in [4.69, 9.17) is 14.2 Å². The van der Waals surface area contributed by atoms with Crippen LogP contribution >= 0.6 is 0 Å². The van der Waals surface area contributed by atoms with Crippen LogP contribution < -0.4 is 9.47 Å². The normalized spacial score (nSPS) is 11.8. The second-order valence-corrected chi connectivity index (χ2v) is 5.48. The average Bonchev–Trinajstić information content (AvgIpc) is 2.67. The third-order valence-corrected chi connectivity index (χ3v) is 3.65. The maximum absolute atomic E-state index is 12.3. The van der Waals surface area contributed by atoms with Crippen molar-refractivity contribution < 1.29 is 23.8 Å². The standard InChI is InChI=1S/C21H22O5/c1-4-25-19-8-6-5-7-16(19)11-14-20(22)26-15(2)21(23)17-9-12-18(24-3)13-10-17/h5-15H,4H2,1-3H3/b14-11+/t15-/m0/s1. The number of carbonyl (C=O) groups excluding carboxylic acids is 2. The Bertz CT molecular complexity index is 777. The van der Waals surface area contributed by atoms with Gasteiger partial charge in [-0.1, -0.05) is 18.2 Å². The van der Waals surface area contributed by atoms with E-state index in [-0.39, 0.29) is 5.78 Å². The Labute approximate surface area is 153 Å². The second-order valence-electron chi connectivity index (χ2n) is 5.48. The number of carbonyl (C=O) groups is 2. The summed E-state index contributed by atoms with van der Waals surface area (Å²) in [4.78, 5) is 24.3. The van der Waals surface area contributed by atoms with Crippen LogP contribution in [0.15, 0.2) is 54.6 Å². The molecular formula is C21H22O5. The van der Waals surface area contributed by atoms with Gasteiger partial charge >= 0.3 is 5.97 Å². The molecule has 5 heteroatoms. The molecule has 0 aromatic heterocycles. The monoisotopic (exact) mass is 354 g/mol. The summed E-state index contributed by atoms with van der Waals surface area (Å²) < 4.78 is 15.8. The summed E-state index contributed by atoms with van der Waals surface area (Å²) in [6.07, 6.45) is 2.01. The first kappa shape index (κ1) is 19.2. The van der Waals surface area contributed by atoms with Crippen LogP contribution in [0.3, 0.4) is 0 Å². The quantitative estimate of drug-likeness (QED) is 0.408. The lowest BCUT2D eigenvalue weighted by Crippen LogP contribution is -2.23. The molecule has 0 radical (unpaired) electrons. The van der Waals surface area contributed by atoms with Crippen LogP contribution in [-0.2, 0) is 9.53 Å². The SMILES string of the molecule is CCOc1ccccc1/C=C/C(=O)O[C@@H](C)C(=O)c1ccc(OC)cc1. The zero-order chi connectivity index (χ0) is 18.9. The van der Waals surface area contributed by atoms with Crippen molar-refractivity contribution in [1.82, 2.24) is 0 Å². The number of para-hydroxylation sites is 1. The number of Topliss-reactive ketones (excluding diaryl/α,β-unsaturated/α-hetero) is 1. The van der Waals surface area contributed by atoms with E-state index >= 15 is 0 Å². The van der Waals surface area contributed by atoms with Crippen molar-refractivity contribution in [3.63, 3.8) is 0 Å². The largest absolute Gasteiger partial charge is 0.497 e. The van der Waals surface area contributed by atoms with E-state index in [1.807, 2.05) is 31.2 Å². The Morgan fingerprint density at radius 2 is 1.77 bits per heavy atom. The van der Waals surface area contributed by atoms with Gasteiger partial charge in [0.05, 0.1) is 13.7 Å². The fraction of sp³-hybridized carbons (Fsp3) is 0.238. The van der Waals surface area contributed by atoms with Gasteiger partial charge < -0.3 is 14.2 Å². The summed E-state index contributed by atoms with van der Waals surface area (Å²) in [7, 11) is 1.55. The van der Waals surface area contributed by atoms with Crippen LogP contribution in [0.5, 0.6) is 11.5 Å². The van der Waals surface area contributed by atoms with E-state index in [0.717, 1.165) is 5.56 Å². The van der Waals surface area contributed by atoms with Crippen LogP contribution in [0.1, 0.15) is 29.8 Å². The van der Waals surface area contributed by atoms with Crippen LogP contribution in [-0.4, -0.2) is 31.6 Å². The number of hydrogen-bond donors (Lipinski definition) is 0. The first-order valence-electron chi connectivity index (χ1n) is 8.34. The van der Waals surface area contributed by atoms with Crippen molar-refractivity contribution >= 4 is 17.8 Å². The third-order valence-electron chi connectivity index (χ3n) is 3.65. The molecule has 2 rings (SSSR count). The fourth-order valence-corrected chi connectivity index (χ4v) is 2.32. The highest BCUT2D eigenvalue weighted by Crippen LogP contribution is 2.19. The minimum absolute atomic E-state index is 0.274. The summed E-state index contributed by atoms with van der Waals surface area (Å²) in [6.45, 7) is 3.97. The average molecular weight is 354 g/mol. The summed E-state index contributed by atoms with van der Waals surface area (Å²) in [5.74, 6) is 0.471. The van der Waals surface area contributed by atoms with E-state index in [1.165, 1.54) is 6.08 Å². The molecule has 0 saturated carbocycles. The smallest absolute Gasteiger partial charge is 0.331 e. The van der Waals surface area contributed by atoms with E-state index in [2.05, 4.69) is 0 Å². The molecule has 26 heavy (non-hydrogen) atoms. The van der Waals surface area contributed by atoms with Gasteiger partial charge in [-0.15, -0.1) is 0 Å². The number of rotatable bonds is 8. The Morgan fingerprint density at radius 3 is 2.42 bits per heavy atom. The molecule has 0 unspecified atom stereocenters. The summed E-state index contributed by atoms with van der Waals surface area (Å²) in [5, 5.41) is 0. The van der Waals surface area contributed by atoms with Gasteiger partial charge in [0.15, 0.2) is 6.10 Å². The molecule has 1 atom stereocenters. The Balaban J connectivity index is 1.99. The molecule has 0 bridgehead atoms. The molecule has 0 fully saturated rings. The van der Waals surface area contributed by atoms with Crippen molar-refractivity contribution in [1.29, 1.82) is 0 Å². The highest BCUT2D eigenvalue weighted by molar-refractivity contribution is 6.01. The molecule has 0 saturated heterocycles. The maximum Gasteiger partial charge on any atom is 0.331 e. The number of ketones is 1. The number of esters is 1. The van der Waals surface area contributed by atoms with Gasteiger partial charge in [-0.05, 0) is 50.3 Å². The molecule has 5 nitrogen and oxygen atoms in total. The van der Waals surface area contributed by atoms with Crippen LogP contribution in [0.25, 0.3) is 6.08 Å². The first-order chi connectivity index (χ1) is 12.5. The molecule has 2 aromatic rings. The lowest BCUT2D eigenvalue weighted by atomic mass is 10.1. The number of ether oxygens (including phenoxy) is 3. The topological polar surface area (TPSA) is 61.8 Å². The van der Waals surface area contributed by atoms with Gasteiger partial charge in [-0.3, -0.25) is 4.79 Å². The molecule has 0 spiro atoms. The minimum atomic E-state index is -0.886. The maximum atomic E-state index is 12.3. The number of benzene rings is 2. The zero-order valence-corrected chi connectivity index (χ0v) is 15.1. The highest BCUT2D eigenvalue weighted by Gasteiger charge is 2.18. The lowest BCUT2D eigenvalue weighted by Gasteiger charge is -2.11. The van der Waals surface area contributed by atoms with E-state index in [0.29, 0.717) is 23.7 Å². The van der Waals surface area contributed by atoms with Gasteiger partial charge in [-0.2, -0.15) is 0 Å². The summed E-state index contributed by atoms with van der Waals surface area (Å²) in [6, 6.07) is 14.0. The molecule has 0 aliphatic carbocycles. The predicted molar refractivity (Wildman–Crippen MR) is 99.5 cm³/mol. The van der Waals surface area contributed by atoms with Gasteiger partial charge in [0.2, 0.25) is 5.78 Å². The number of hydrogen-bond acceptors (Lipinski definition) is 5. The van der Waals surface area contributed by atoms with Crippen LogP contribution in [0, 0.1) is 0 Å². The van der Waals surface area contributed by atoms with Crippen LogP contribution in [0.4, 0.5) is 0 Å². The molecule has 0 N–H and O–H groups in total. The Morgan fingerprint density at radius 1 is 1.08 bits per heavy atom. The molecule has 136 valence electrons. The second kappa shape index (κ2) is 9.42. The van der Waals surface area contributed by atoms with Gasteiger partial charge in [0, 0.05) is 17.2 Å². The number of methoxy groups -OCH3 is 1. The molecule has 0 amide bonds. The lowest BCUT2D eigenvalue weighted by molar-refractivity contribution is -0.140. The zero-order valence-electron chi connectivity index (χ0n) is 15.1. The van der Waals surface area contributed by atoms with E-state index < -0.39 is 12.1 Å². The Kier molecular flexibility index (Phi) is 6.97. The van der Waals surface area contributed by atoms with Crippen molar-refractivity contribution in [2.24, 2.45) is 0 Å². The molecular weight excluding hydrogens is 332 g/mol. The van der Waals surface area contributed by atoms with Gasteiger partial charge in [0.1, 0.15) is 11.5 Å². The molecule has 0 heterocycles. The van der Waals surface area contributed by atoms with Crippen molar-refractivity contribution in [2.75, 3.05) is 13.7 Å². The highest BCUT2D eigenvalue weighted by atomic mass is 16.5. The van der Waals surface area contributed by atoms with Gasteiger partial charge in [0.25, 0.3) is 0 Å². The van der Waals surface area contributed by atoms with Crippen LogP contribution in [0.2, 0.25) is 0 Å². The molecule has 2 aromatic carbocycles. The van der Waals surface area contributed by atoms with Crippen molar-refractivity contribution in [2.45, 2.75) is 20.0 Å². The van der Waals surface area contributed by atoms with Crippen molar-refractivity contribution in [3.8, 4) is 11.5 Å². The Hall–Kier alpha value is -3.08. The first-order valence-corrected chi connectivity index (χ1v) is 8.34. The minimum Gasteiger partial charge on any atom is -0.497 e. The fourth-order valence-electron chi connectivity index (χ4n) is 2.32.